The number of ether oxygens (including phenoxy) is 2. The Labute approximate surface area is 58.1 Å². The lowest BCUT2D eigenvalue weighted by Gasteiger charge is -2.26. The molecule has 1 fully saturated rings. The van der Waals surface area contributed by atoms with Gasteiger partial charge in [-0.05, 0) is 6.92 Å². The third kappa shape index (κ3) is 1.88. The molecule has 1 heterocycles. The Balaban J connectivity index is 2.26. The molecule has 0 aromatic heterocycles. The molecule has 0 aliphatic carbocycles. The molecule has 2 nitrogen and oxygen atoms in total. The third-order valence-corrected chi connectivity index (χ3v) is 1.45. The van der Waals surface area contributed by atoms with Crippen molar-refractivity contribution in [2.75, 3.05) is 13.2 Å². The summed E-state index contributed by atoms with van der Waals surface area (Å²) in [6.45, 7) is 1.92. The van der Waals surface area contributed by atoms with Crippen molar-refractivity contribution in [3.63, 3.8) is 0 Å². The van der Waals surface area contributed by atoms with Gasteiger partial charge in [-0.15, -0.1) is 0 Å². The molecule has 10 heavy (non-hydrogen) atoms. The second-order valence-electron chi connectivity index (χ2n) is 2.33. The maximum absolute atomic E-state index is 11.9. The monoisotopic (exact) mass is 152 g/mol. The van der Waals surface area contributed by atoms with Gasteiger partial charge in [-0.1, -0.05) is 0 Å². The van der Waals surface area contributed by atoms with E-state index in [9.17, 15) is 8.78 Å². The van der Waals surface area contributed by atoms with Crippen molar-refractivity contribution in [2.45, 2.75) is 19.6 Å². The molecule has 0 unspecified atom stereocenters. The van der Waals surface area contributed by atoms with Gasteiger partial charge in [0.15, 0.2) is 6.29 Å². The van der Waals surface area contributed by atoms with Gasteiger partial charge in [0.25, 0.3) is 0 Å². The Bertz CT molecular complexity index is 99.9. The zero-order valence-corrected chi connectivity index (χ0v) is 5.72. The first-order valence-electron chi connectivity index (χ1n) is 3.21. The smallest absolute Gasteiger partial charge is 0.245 e. The molecule has 0 aromatic rings. The number of alkyl halides is 2. The molecule has 1 aliphatic rings. The van der Waals surface area contributed by atoms with Gasteiger partial charge in [-0.25, -0.2) is 8.78 Å². The zero-order valence-electron chi connectivity index (χ0n) is 5.72. The van der Waals surface area contributed by atoms with Crippen LogP contribution in [-0.2, 0) is 9.47 Å². The molecule has 1 rings (SSSR count). The Morgan fingerprint density at radius 3 is 2.20 bits per heavy atom. The van der Waals surface area contributed by atoms with Gasteiger partial charge in [0.2, 0.25) is 6.43 Å². The van der Waals surface area contributed by atoms with Crippen molar-refractivity contribution in [3.05, 3.63) is 0 Å². The highest BCUT2D eigenvalue weighted by Crippen LogP contribution is 2.16. The average Bonchev–Trinajstić information content (AvgIpc) is 1.88. The Hall–Kier alpha value is -0.220. The lowest BCUT2D eigenvalue weighted by Crippen LogP contribution is -2.33. The van der Waals surface area contributed by atoms with Gasteiger partial charge >= 0.3 is 0 Å². The van der Waals surface area contributed by atoms with Crippen LogP contribution in [0.15, 0.2) is 0 Å². The molecular formula is C6H10F2O2. The Kier molecular flexibility index (Phi) is 2.56. The summed E-state index contributed by atoms with van der Waals surface area (Å²) in [6.07, 6.45) is -2.65. The van der Waals surface area contributed by atoms with E-state index in [1.54, 1.807) is 6.92 Å². The fourth-order valence-corrected chi connectivity index (χ4v) is 0.760. The van der Waals surface area contributed by atoms with E-state index in [0.29, 0.717) is 0 Å². The highest BCUT2D eigenvalue weighted by atomic mass is 19.3. The predicted molar refractivity (Wildman–Crippen MR) is 30.9 cm³/mol. The molecule has 1 saturated heterocycles. The van der Waals surface area contributed by atoms with Crippen LogP contribution in [0.2, 0.25) is 0 Å². The van der Waals surface area contributed by atoms with Crippen LogP contribution >= 0.6 is 0 Å². The van der Waals surface area contributed by atoms with Crippen molar-refractivity contribution < 1.29 is 18.3 Å². The van der Waals surface area contributed by atoms with Crippen molar-refractivity contribution in [3.8, 4) is 0 Å². The van der Waals surface area contributed by atoms with Gasteiger partial charge in [-0.2, -0.15) is 0 Å². The highest BCUT2D eigenvalue weighted by Gasteiger charge is 2.26. The lowest BCUT2D eigenvalue weighted by atomic mass is 10.2. The first kappa shape index (κ1) is 7.88. The maximum atomic E-state index is 11.9. The van der Waals surface area contributed by atoms with E-state index in [-0.39, 0.29) is 19.5 Å². The van der Waals surface area contributed by atoms with E-state index in [4.69, 9.17) is 9.47 Å². The summed E-state index contributed by atoms with van der Waals surface area (Å²) in [5.41, 5.74) is 0. The molecule has 0 amide bonds. The second kappa shape index (κ2) is 3.25. The lowest BCUT2D eigenvalue weighted by molar-refractivity contribution is -0.209. The molecule has 0 bridgehead atoms. The zero-order chi connectivity index (χ0) is 7.56. The molecule has 0 spiro atoms. The molecule has 1 aliphatic heterocycles. The van der Waals surface area contributed by atoms with Crippen LogP contribution in [0.4, 0.5) is 8.78 Å². The maximum Gasteiger partial charge on any atom is 0.245 e. The predicted octanol–water partition coefficient (Wildman–Crippen LogP) is 1.26. The minimum Gasteiger partial charge on any atom is -0.352 e. The topological polar surface area (TPSA) is 18.5 Å². The first-order chi connectivity index (χ1) is 4.70. The van der Waals surface area contributed by atoms with Crippen LogP contribution in [0.25, 0.3) is 0 Å². The molecule has 0 aromatic carbocycles. The summed E-state index contributed by atoms with van der Waals surface area (Å²) in [4.78, 5) is 0. The second-order valence-corrected chi connectivity index (χ2v) is 2.33. The van der Waals surface area contributed by atoms with E-state index in [1.807, 2.05) is 0 Å². The summed E-state index contributed by atoms with van der Waals surface area (Å²) in [5.74, 6) is -0.740. The van der Waals surface area contributed by atoms with Crippen LogP contribution in [0.3, 0.4) is 0 Å². The Morgan fingerprint density at radius 1 is 1.30 bits per heavy atom. The molecule has 0 radical (unpaired) electrons. The molecule has 0 saturated carbocycles. The number of rotatable bonds is 1. The SMILES string of the molecule is CC1OCC(C(F)F)CO1. The Morgan fingerprint density at radius 2 is 1.80 bits per heavy atom. The number of hydrogen-bond donors (Lipinski definition) is 0. The van der Waals surface area contributed by atoms with Crippen molar-refractivity contribution in [2.24, 2.45) is 5.92 Å². The van der Waals surface area contributed by atoms with Crippen LogP contribution in [0.1, 0.15) is 6.92 Å². The number of hydrogen-bond acceptors (Lipinski definition) is 2. The summed E-state index contributed by atoms with van der Waals surface area (Å²) in [5, 5.41) is 0. The molecular weight excluding hydrogens is 142 g/mol. The van der Waals surface area contributed by atoms with Crippen LogP contribution in [0.5, 0.6) is 0 Å². The van der Waals surface area contributed by atoms with E-state index in [2.05, 4.69) is 0 Å². The third-order valence-electron chi connectivity index (χ3n) is 1.45. The fourth-order valence-electron chi connectivity index (χ4n) is 0.760. The van der Waals surface area contributed by atoms with Crippen molar-refractivity contribution in [1.82, 2.24) is 0 Å². The first-order valence-corrected chi connectivity index (χ1v) is 3.21. The van der Waals surface area contributed by atoms with Crippen molar-refractivity contribution >= 4 is 0 Å². The van der Waals surface area contributed by atoms with Crippen molar-refractivity contribution in [1.29, 1.82) is 0 Å². The summed E-state index contributed by atoms with van der Waals surface area (Å²) < 4.78 is 33.5. The summed E-state index contributed by atoms with van der Waals surface area (Å²) in [7, 11) is 0. The van der Waals surface area contributed by atoms with Gasteiger partial charge in [-0.3, -0.25) is 0 Å². The highest BCUT2D eigenvalue weighted by molar-refractivity contribution is 4.63. The summed E-state index contributed by atoms with van der Waals surface area (Å²) >= 11 is 0. The van der Waals surface area contributed by atoms with Gasteiger partial charge in [0.05, 0.1) is 19.1 Å². The molecule has 0 N–H and O–H groups in total. The van der Waals surface area contributed by atoms with Crippen LogP contribution < -0.4 is 0 Å². The molecule has 60 valence electrons. The number of halogens is 2. The fraction of sp³-hybridized carbons (Fsp3) is 1.00. The van der Waals surface area contributed by atoms with E-state index in [1.165, 1.54) is 0 Å². The quantitative estimate of drug-likeness (QED) is 0.563. The van der Waals surface area contributed by atoms with Gasteiger partial charge in [0.1, 0.15) is 0 Å². The van der Waals surface area contributed by atoms with Crippen LogP contribution in [-0.4, -0.2) is 25.9 Å². The standard InChI is InChI=1S/C6H10F2O2/c1-4-9-2-5(3-10-4)6(7)8/h4-6H,2-3H2,1H3. The van der Waals surface area contributed by atoms with E-state index in [0.717, 1.165) is 0 Å². The molecule has 4 heteroatoms. The van der Waals surface area contributed by atoms with Gasteiger partial charge < -0.3 is 9.47 Å². The molecule has 0 atom stereocenters. The largest absolute Gasteiger partial charge is 0.352 e. The van der Waals surface area contributed by atoms with E-state index >= 15 is 0 Å². The minimum absolute atomic E-state index is 0.110. The summed E-state index contributed by atoms with van der Waals surface area (Å²) in [6, 6.07) is 0. The van der Waals surface area contributed by atoms with E-state index < -0.39 is 12.3 Å². The normalized spacial score (nSPS) is 34.8. The average molecular weight is 152 g/mol. The minimum atomic E-state index is -2.33. The van der Waals surface area contributed by atoms with Gasteiger partial charge in [0, 0.05) is 0 Å². The van der Waals surface area contributed by atoms with Crippen LogP contribution in [0, 0.1) is 5.92 Å².